The summed E-state index contributed by atoms with van der Waals surface area (Å²) < 4.78 is 24.2. The van der Waals surface area contributed by atoms with Crippen molar-refractivity contribution in [2.45, 2.75) is 38.7 Å². The number of likely N-dealkylation sites (tertiary alicyclic amines) is 1. The summed E-state index contributed by atoms with van der Waals surface area (Å²) in [6, 6.07) is 11.5. The van der Waals surface area contributed by atoms with Gasteiger partial charge in [-0.1, -0.05) is 6.07 Å². The summed E-state index contributed by atoms with van der Waals surface area (Å²) in [5, 5.41) is 10.9. The topological polar surface area (TPSA) is 59.0 Å². The van der Waals surface area contributed by atoms with Crippen LogP contribution in [0.5, 0.6) is 11.5 Å². The van der Waals surface area contributed by atoms with Crippen LogP contribution in [-0.4, -0.2) is 47.8 Å². The second-order valence-electron chi connectivity index (χ2n) is 7.74. The van der Waals surface area contributed by atoms with Gasteiger partial charge in [0.1, 0.15) is 29.5 Å². The van der Waals surface area contributed by atoms with Gasteiger partial charge in [-0.2, -0.15) is 0 Å². The average molecular weight is 401 g/mol. The van der Waals surface area contributed by atoms with E-state index in [4.69, 9.17) is 9.47 Å². The van der Waals surface area contributed by atoms with Crippen molar-refractivity contribution < 1.29 is 23.8 Å². The van der Waals surface area contributed by atoms with Gasteiger partial charge >= 0.3 is 0 Å². The normalized spacial score (nSPS) is 19.5. The molecule has 0 aliphatic carbocycles. The maximum Gasteiger partial charge on any atom is 0.260 e. The molecular formula is C23H28FNO4. The smallest absolute Gasteiger partial charge is 0.260 e. The number of carbonyl (C=O) groups excluding carboxylic acids is 1. The summed E-state index contributed by atoms with van der Waals surface area (Å²) in [5.74, 6) is 0.700. The maximum absolute atomic E-state index is 12.9. The van der Waals surface area contributed by atoms with Crippen LogP contribution in [-0.2, 0) is 4.79 Å². The summed E-state index contributed by atoms with van der Waals surface area (Å²) in [5.41, 5.74) is 1.38. The third-order valence-electron chi connectivity index (χ3n) is 5.43. The van der Waals surface area contributed by atoms with Gasteiger partial charge in [-0.3, -0.25) is 4.79 Å². The quantitative estimate of drug-likeness (QED) is 0.803. The molecule has 156 valence electrons. The van der Waals surface area contributed by atoms with Crippen molar-refractivity contribution in [3.05, 3.63) is 59.4 Å². The van der Waals surface area contributed by atoms with Gasteiger partial charge in [0.2, 0.25) is 0 Å². The molecule has 0 radical (unpaired) electrons. The van der Waals surface area contributed by atoms with Crippen LogP contribution in [0.25, 0.3) is 0 Å². The Balaban J connectivity index is 1.49. The first kappa shape index (κ1) is 21.1. The lowest BCUT2D eigenvalue weighted by molar-refractivity contribution is -0.133. The van der Waals surface area contributed by atoms with Crippen LogP contribution in [0.15, 0.2) is 42.5 Å². The molecule has 5 nitrogen and oxygen atoms in total. The molecule has 29 heavy (non-hydrogen) atoms. The first-order valence-electron chi connectivity index (χ1n) is 9.93. The zero-order valence-electron chi connectivity index (χ0n) is 17.0. The molecular weight excluding hydrogens is 373 g/mol. The Morgan fingerprint density at radius 3 is 2.48 bits per heavy atom. The SMILES string of the molecule is Cc1ccc(OCC2(O)CCCN(C(=O)COc3ccc(F)cc3)CC2)cc1C. The zero-order valence-corrected chi connectivity index (χ0v) is 17.0. The van der Waals surface area contributed by atoms with E-state index < -0.39 is 5.60 Å². The molecule has 3 rings (SSSR count). The number of aliphatic hydroxyl groups is 1. The molecule has 1 saturated heterocycles. The van der Waals surface area contributed by atoms with Crippen molar-refractivity contribution in [3.8, 4) is 11.5 Å². The fraction of sp³-hybridized carbons (Fsp3) is 0.435. The summed E-state index contributed by atoms with van der Waals surface area (Å²) in [4.78, 5) is 14.2. The Hall–Kier alpha value is -2.60. The number of ether oxygens (including phenoxy) is 2. The van der Waals surface area contributed by atoms with Gasteiger partial charge in [0, 0.05) is 13.1 Å². The van der Waals surface area contributed by atoms with Crippen molar-refractivity contribution in [1.29, 1.82) is 0 Å². The van der Waals surface area contributed by atoms with Gasteiger partial charge in [-0.15, -0.1) is 0 Å². The predicted molar refractivity (Wildman–Crippen MR) is 109 cm³/mol. The molecule has 1 aliphatic rings. The molecule has 1 heterocycles. The van der Waals surface area contributed by atoms with E-state index in [1.54, 1.807) is 4.90 Å². The van der Waals surface area contributed by atoms with Crippen molar-refractivity contribution in [2.75, 3.05) is 26.3 Å². The Labute approximate surface area is 171 Å². The van der Waals surface area contributed by atoms with E-state index in [1.165, 1.54) is 29.8 Å². The fourth-order valence-corrected chi connectivity index (χ4v) is 3.36. The van der Waals surface area contributed by atoms with E-state index in [9.17, 15) is 14.3 Å². The van der Waals surface area contributed by atoms with Crippen LogP contribution in [0.3, 0.4) is 0 Å². The van der Waals surface area contributed by atoms with Gasteiger partial charge in [0.25, 0.3) is 5.91 Å². The lowest BCUT2D eigenvalue weighted by Crippen LogP contribution is -2.39. The zero-order chi connectivity index (χ0) is 20.9. The lowest BCUT2D eigenvalue weighted by atomic mass is 9.96. The summed E-state index contributed by atoms with van der Waals surface area (Å²) in [7, 11) is 0. The number of benzene rings is 2. The first-order valence-corrected chi connectivity index (χ1v) is 9.93. The Bertz CT molecular complexity index is 839. The average Bonchev–Trinajstić information content (AvgIpc) is 2.90. The maximum atomic E-state index is 12.9. The molecule has 2 aromatic rings. The highest BCUT2D eigenvalue weighted by atomic mass is 19.1. The highest BCUT2D eigenvalue weighted by molar-refractivity contribution is 5.77. The number of hydrogen-bond acceptors (Lipinski definition) is 4. The standard InChI is InChI=1S/C23H28FNO4/c1-17-4-7-21(14-18(17)2)29-16-23(27)10-3-12-25(13-11-23)22(26)15-28-20-8-5-19(24)6-9-20/h4-9,14,27H,3,10-13,15-16H2,1-2H3. The molecule has 2 aromatic carbocycles. The summed E-state index contributed by atoms with van der Waals surface area (Å²) in [6.07, 6.45) is 1.70. The molecule has 1 amide bonds. The van der Waals surface area contributed by atoms with Crippen molar-refractivity contribution in [3.63, 3.8) is 0 Å². The Morgan fingerprint density at radius 1 is 1.03 bits per heavy atom. The Morgan fingerprint density at radius 2 is 1.76 bits per heavy atom. The van der Waals surface area contributed by atoms with Crippen LogP contribution in [0.1, 0.15) is 30.4 Å². The lowest BCUT2D eigenvalue weighted by Gasteiger charge is -2.27. The molecule has 1 unspecified atom stereocenters. The van der Waals surface area contributed by atoms with Gasteiger partial charge < -0.3 is 19.5 Å². The minimum Gasteiger partial charge on any atom is -0.491 e. The minimum absolute atomic E-state index is 0.108. The summed E-state index contributed by atoms with van der Waals surface area (Å²) in [6.45, 7) is 5.17. The highest BCUT2D eigenvalue weighted by Crippen LogP contribution is 2.25. The van der Waals surface area contributed by atoms with Crippen LogP contribution in [0.4, 0.5) is 4.39 Å². The van der Waals surface area contributed by atoms with Crippen molar-refractivity contribution >= 4 is 5.91 Å². The molecule has 1 aliphatic heterocycles. The highest BCUT2D eigenvalue weighted by Gasteiger charge is 2.32. The third-order valence-corrected chi connectivity index (χ3v) is 5.43. The second kappa shape index (κ2) is 9.27. The Kier molecular flexibility index (Phi) is 6.75. The molecule has 1 fully saturated rings. The van der Waals surface area contributed by atoms with Crippen molar-refractivity contribution in [2.24, 2.45) is 0 Å². The third kappa shape index (κ3) is 5.94. The van der Waals surface area contributed by atoms with E-state index in [-0.39, 0.29) is 24.9 Å². The number of amides is 1. The number of aryl methyl sites for hydroxylation is 2. The van der Waals surface area contributed by atoms with Crippen LogP contribution < -0.4 is 9.47 Å². The van der Waals surface area contributed by atoms with Crippen LogP contribution in [0.2, 0.25) is 0 Å². The van der Waals surface area contributed by atoms with E-state index in [0.29, 0.717) is 38.1 Å². The second-order valence-corrected chi connectivity index (χ2v) is 7.74. The molecule has 0 aromatic heterocycles. The minimum atomic E-state index is -0.967. The molecule has 1 N–H and O–H groups in total. The predicted octanol–water partition coefficient (Wildman–Crippen LogP) is 3.64. The van der Waals surface area contributed by atoms with E-state index >= 15 is 0 Å². The monoisotopic (exact) mass is 401 g/mol. The number of carbonyl (C=O) groups is 1. The van der Waals surface area contributed by atoms with E-state index in [2.05, 4.69) is 0 Å². The number of nitrogens with zero attached hydrogens (tertiary/aromatic N) is 1. The molecule has 6 heteroatoms. The van der Waals surface area contributed by atoms with Crippen LogP contribution >= 0.6 is 0 Å². The van der Waals surface area contributed by atoms with Crippen molar-refractivity contribution in [1.82, 2.24) is 4.90 Å². The number of rotatable bonds is 6. The number of hydrogen-bond donors (Lipinski definition) is 1. The van der Waals surface area contributed by atoms with Gasteiger partial charge in [-0.25, -0.2) is 4.39 Å². The number of halogens is 1. The molecule has 0 saturated carbocycles. The molecule has 1 atom stereocenters. The van der Waals surface area contributed by atoms with Gasteiger partial charge in [0.05, 0.1) is 0 Å². The molecule has 0 spiro atoms. The van der Waals surface area contributed by atoms with Crippen LogP contribution in [0, 0.1) is 19.7 Å². The summed E-state index contributed by atoms with van der Waals surface area (Å²) >= 11 is 0. The van der Waals surface area contributed by atoms with E-state index in [1.807, 2.05) is 32.0 Å². The van der Waals surface area contributed by atoms with E-state index in [0.717, 1.165) is 11.3 Å². The largest absolute Gasteiger partial charge is 0.491 e. The van der Waals surface area contributed by atoms with Gasteiger partial charge in [0.15, 0.2) is 6.61 Å². The molecule has 0 bridgehead atoms. The van der Waals surface area contributed by atoms with Gasteiger partial charge in [-0.05, 0) is 80.6 Å². The fourth-order valence-electron chi connectivity index (χ4n) is 3.36. The first-order chi connectivity index (χ1) is 13.8.